The molecule has 0 aromatic heterocycles. The highest BCUT2D eigenvalue weighted by atomic mass is 16.5. The summed E-state index contributed by atoms with van der Waals surface area (Å²) in [5.74, 6) is 0.940. The van der Waals surface area contributed by atoms with Gasteiger partial charge in [0.05, 0.1) is 7.11 Å². The van der Waals surface area contributed by atoms with E-state index in [2.05, 4.69) is 0 Å². The molecule has 3 heteroatoms. The van der Waals surface area contributed by atoms with Crippen LogP contribution in [0.2, 0.25) is 0 Å². The highest BCUT2D eigenvalue weighted by Crippen LogP contribution is 2.33. The molecule has 0 aliphatic rings. The van der Waals surface area contributed by atoms with Crippen LogP contribution in [0.1, 0.15) is 0 Å². The van der Waals surface area contributed by atoms with Gasteiger partial charge in [0.25, 0.3) is 0 Å². The number of hydrogen-bond acceptors (Lipinski definition) is 3. The standard InChI is InChI=1S/C11H10O3/c1-14-7-2-3-8-9(6-7)11(13)5-4-10(8)12/h2-6,12-13H,1H3. The Morgan fingerprint density at radius 3 is 2.21 bits per heavy atom. The highest BCUT2D eigenvalue weighted by molar-refractivity contribution is 5.93. The Morgan fingerprint density at radius 2 is 1.57 bits per heavy atom. The second-order valence-electron chi connectivity index (χ2n) is 3.02. The van der Waals surface area contributed by atoms with Crippen LogP contribution < -0.4 is 4.74 Å². The third-order valence-electron chi connectivity index (χ3n) is 2.18. The molecule has 0 bridgehead atoms. The largest absolute Gasteiger partial charge is 0.507 e. The summed E-state index contributed by atoms with van der Waals surface area (Å²) in [6.07, 6.45) is 0. The molecule has 0 amide bonds. The fourth-order valence-electron chi connectivity index (χ4n) is 1.42. The first-order valence-corrected chi connectivity index (χ1v) is 4.21. The van der Waals surface area contributed by atoms with E-state index >= 15 is 0 Å². The molecule has 3 nitrogen and oxygen atoms in total. The summed E-state index contributed by atoms with van der Waals surface area (Å²) in [4.78, 5) is 0. The fraction of sp³-hybridized carbons (Fsp3) is 0.0909. The van der Waals surface area contributed by atoms with Crippen LogP contribution in [-0.2, 0) is 0 Å². The number of phenolic OH excluding ortho intramolecular Hbond substituents is 2. The van der Waals surface area contributed by atoms with Crippen molar-refractivity contribution >= 4 is 10.8 Å². The first-order valence-electron chi connectivity index (χ1n) is 4.21. The van der Waals surface area contributed by atoms with Crippen molar-refractivity contribution in [3.05, 3.63) is 30.3 Å². The van der Waals surface area contributed by atoms with E-state index in [4.69, 9.17) is 4.74 Å². The molecule has 0 heterocycles. The van der Waals surface area contributed by atoms with Crippen molar-refractivity contribution in [3.63, 3.8) is 0 Å². The lowest BCUT2D eigenvalue weighted by Crippen LogP contribution is -1.82. The van der Waals surface area contributed by atoms with Gasteiger partial charge in [-0.2, -0.15) is 0 Å². The van der Waals surface area contributed by atoms with Crippen molar-refractivity contribution < 1.29 is 14.9 Å². The molecular formula is C11H10O3. The third kappa shape index (κ3) is 1.23. The second kappa shape index (κ2) is 3.10. The Hall–Kier alpha value is -1.90. The van der Waals surface area contributed by atoms with E-state index in [1.807, 2.05) is 0 Å². The van der Waals surface area contributed by atoms with Crippen LogP contribution in [0, 0.1) is 0 Å². The van der Waals surface area contributed by atoms with Crippen LogP contribution in [-0.4, -0.2) is 17.3 Å². The van der Waals surface area contributed by atoms with Gasteiger partial charge < -0.3 is 14.9 Å². The van der Waals surface area contributed by atoms with Crippen LogP contribution in [0.3, 0.4) is 0 Å². The van der Waals surface area contributed by atoms with E-state index < -0.39 is 0 Å². The Labute approximate surface area is 81.2 Å². The van der Waals surface area contributed by atoms with Gasteiger partial charge in [-0.15, -0.1) is 0 Å². The van der Waals surface area contributed by atoms with Crippen molar-refractivity contribution in [1.29, 1.82) is 0 Å². The van der Waals surface area contributed by atoms with Crippen LogP contribution in [0.4, 0.5) is 0 Å². The van der Waals surface area contributed by atoms with Gasteiger partial charge in [-0.3, -0.25) is 0 Å². The summed E-state index contributed by atoms with van der Waals surface area (Å²) in [5, 5.41) is 20.3. The van der Waals surface area contributed by atoms with Crippen molar-refractivity contribution in [2.45, 2.75) is 0 Å². The topological polar surface area (TPSA) is 49.7 Å². The van der Waals surface area contributed by atoms with Crippen LogP contribution in [0.5, 0.6) is 17.2 Å². The first kappa shape index (κ1) is 8.69. The van der Waals surface area contributed by atoms with Gasteiger partial charge in [-0.1, -0.05) is 0 Å². The van der Waals surface area contributed by atoms with Crippen molar-refractivity contribution in [3.8, 4) is 17.2 Å². The van der Waals surface area contributed by atoms with Crippen LogP contribution in [0.15, 0.2) is 30.3 Å². The molecule has 0 radical (unpaired) electrons. The number of methoxy groups -OCH3 is 1. The minimum absolute atomic E-state index is 0.136. The van der Waals surface area contributed by atoms with Gasteiger partial charge in [0, 0.05) is 10.8 Å². The van der Waals surface area contributed by atoms with Gasteiger partial charge in [0.2, 0.25) is 0 Å². The molecule has 0 aliphatic carbocycles. The van der Waals surface area contributed by atoms with E-state index in [1.54, 1.807) is 25.3 Å². The molecule has 14 heavy (non-hydrogen) atoms. The van der Waals surface area contributed by atoms with Gasteiger partial charge >= 0.3 is 0 Å². The lowest BCUT2D eigenvalue weighted by Gasteiger charge is -2.05. The number of aromatic hydroxyl groups is 2. The number of benzene rings is 2. The van der Waals surface area contributed by atoms with E-state index in [0.717, 1.165) is 0 Å². The quantitative estimate of drug-likeness (QED) is 0.678. The number of rotatable bonds is 1. The van der Waals surface area contributed by atoms with Crippen LogP contribution in [0.25, 0.3) is 10.8 Å². The van der Waals surface area contributed by atoms with Crippen molar-refractivity contribution in [2.75, 3.05) is 7.11 Å². The molecule has 2 aromatic carbocycles. The third-order valence-corrected chi connectivity index (χ3v) is 2.18. The first-order chi connectivity index (χ1) is 6.72. The number of phenols is 2. The van der Waals surface area contributed by atoms with Crippen LogP contribution >= 0.6 is 0 Å². The molecule has 0 unspecified atom stereocenters. The lowest BCUT2D eigenvalue weighted by molar-refractivity contribution is 0.415. The summed E-state index contributed by atoms with van der Waals surface area (Å²) in [6, 6.07) is 8.05. The molecule has 2 rings (SSSR count). The van der Waals surface area contributed by atoms with Crippen molar-refractivity contribution in [2.24, 2.45) is 0 Å². The maximum Gasteiger partial charge on any atom is 0.123 e. The predicted octanol–water partition coefficient (Wildman–Crippen LogP) is 2.26. The Morgan fingerprint density at radius 1 is 0.929 bits per heavy atom. The van der Waals surface area contributed by atoms with Gasteiger partial charge in [0.15, 0.2) is 0 Å². The van der Waals surface area contributed by atoms with Crippen molar-refractivity contribution in [1.82, 2.24) is 0 Å². The maximum atomic E-state index is 9.55. The zero-order valence-electron chi connectivity index (χ0n) is 7.69. The Kier molecular flexibility index (Phi) is 1.93. The molecule has 0 atom stereocenters. The zero-order valence-corrected chi connectivity index (χ0v) is 7.69. The predicted molar refractivity (Wildman–Crippen MR) is 53.8 cm³/mol. The van der Waals surface area contributed by atoms with E-state index in [9.17, 15) is 10.2 Å². The smallest absolute Gasteiger partial charge is 0.123 e. The second-order valence-corrected chi connectivity index (χ2v) is 3.02. The highest BCUT2D eigenvalue weighted by Gasteiger charge is 2.05. The Bertz CT molecular complexity index is 477. The molecule has 0 aliphatic heterocycles. The van der Waals surface area contributed by atoms with Gasteiger partial charge in [0.1, 0.15) is 17.2 Å². The number of hydrogen-bond donors (Lipinski definition) is 2. The molecule has 2 N–H and O–H groups in total. The summed E-state index contributed by atoms with van der Waals surface area (Å²) in [7, 11) is 1.56. The molecular weight excluding hydrogens is 180 g/mol. The molecule has 0 spiro atoms. The summed E-state index contributed by atoms with van der Waals surface area (Å²) in [5.41, 5.74) is 0. The molecule has 72 valence electrons. The fourth-order valence-corrected chi connectivity index (χ4v) is 1.42. The molecule has 0 saturated heterocycles. The number of fused-ring (bicyclic) bond motifs is 1. The van der Waals surface area contributed by atoms with E-state index in [0.29, 0.717) is 16.5 Å². The number of ether oxygens (including phenoxy) is 1. The van der Waals surface area contributed by atoms with E-state index in [1.165, 1.54) is 12.1 Å². The van der Waals surface area contributed by atoms with E-state index in [-0.39, 0.29) is 11.5 Å². The maximum absolute atomic E-state index is 9.55. The van der Waals surface area contributed by atoms with Gasteiger partial charge in [-0.25, -0.2) is 0 Å². The zero-order chi connectivity index (χ0) is 10.1. The summed E-state index contributed by atoms with van der Waals surface area (Å²) >= 11 is 0. The van der Waals surface area contributed by atoms with Gasteiger partial charge in [-0.05, 0) is 30.3 Å². The normalized spacial score (nSPS) is 10.4. The molecule has 2 aromatic rings. The monoisotopic (exact) mass is 190 g/mol. The average molecular weight is 190 g/mol. The Balaban J connectivity index is 2.80. The lowest BCUT2D eigenvalue weighted by atomic mass is 10.1. The SMILES string of the molecule is COc1ccc2c(O)ccc(O)c2c1. The summed E-state index contributed by atoms with van der Waals surface area (Å²) < 4.78 is 5.02. The molecule has 0 saturated carbocycles. The minimum atomic E-state index is 0.136. The molecule has 0 fully saturated rings. The summed E-state index contributed by atoms with van der Waals surface area (Å²) in [6.45, 7) is 0. The average Bonchev–Trinajstić information content (AvgIpc) is 2.23. The minimum Gasteiger partial charge on any atom is -0.507 e.